The topological polar surface area (TPSA) is 74.0 Å². The van der Waals surface area contributed by atoms with Gasteiger partial charge in [0.15, 0.2) is 0 Å². The standard InChI is InChI=1S/C22H24FN3O2/c1-15-9-10-16(13-19(15)23)22(28)25-12-11-24-21(27)8-4-5-17-14-26-20-7-3-2-6-18(17)20/h2-3,6-7,9-10,13-14,26H,4-5,8,11-12H2,1H3,(H,24,27)(H,25,28). The number of H-pyrrole nitrogens is 1. The first-order chi connectivity index (χ1) is 13.5. The van der Waals surface area contributed by atoms with Crippen LogP contribution < -0.4 is 10.6 Å². The van der Waals surface area contributed by atoms with Crippen LogP contribution in [0.15, 0.2) is 48.7 Å². The number of hydrogen-bond acceptors (Lipinski definition) is 2. The number of benzene rings is 2. The van der Waals surface area contributed by atoms with Gasteiger partial charge < -0.3 is 15.6 Å². The minimum absolute atomic E-state index is 0.0459. The van der Waals surface area contributed by atoms with E-state index in [4.69, 9.17) is 0 Å². The number of aromatic amines is 1. The highest BCUT2D eigenvalue weighted by Gasteiger charge is 2.08. The van der Waals surface area contributed by atoms with Gasteiger partial charge in [-0.05, 0) is 49.1 Å². The Balaban J connectivity index is 1.34. The Morgan fingerprint density at radius 2 is 1.86 bits per heavy atom. The van der Waals surface area contributed by atoms with Gasteiger partial charge in [-0.25, -0.2) is 4.39 Å². The molecular formula is C22H24FN3O2. The fourth-order valence-corrected chi connectivity index (χ4v) is 3.08. The molecule has 28 heavy (non-hydrogen) atoms. The number of carbonyl (C=O) groups excluding carboxylic acids is 2. The minimum atomic E-state index is -0.406. The van der Waals surface area contributed by atoms with Gasteiger partial charge in [-0.2, -0.15) is 0 Å². The van der Waals surface area contributed by atoms with Crippen molar-refractivity contribution in [1.82, 2.24) is 15.6 Å². The maximum atomic E-state index is 13.5. The normalized spacial score (nSPS) is 10.8. The van der Waals surface area contributed by atoms with Crippen LogP contribution in [0.4, 0.5) is 4.39 Å². The van der Waals surface area contributed by atoms with E-state index in [1.54, 1.807) is 19.1 Å². The smallest absolute Gasteiger partial charge is 0.251 e. The number of rotatable bonds is 8. The van der Waals surface area contributed by atoms with E-state index in [-0.39, 0.29) is 17.4 Å². The van der Waals surface area contributed by atoms with Crippen LogP contribution in [0.3, 0.4) is 0 Å². The Morgan fingerprint density at radius 1 is 1.07 bits per heavy atom. The van der Waals surface area contributed by atoms with Crippen molar-refractivity contribution in [2.45, 2.75) is 26.2 Å². The van der Waals surface area contributed by atoms with Crippen molar-refractivity contribution in [1.29, 1.82) is 0 Å². The van der Waals surface area contributed by atoms with Crippen LogP contribution in [0.5, 0.6) is 0 Å². The van der Waals surface area contributed by atoms with E-state index in [1.165, 1.54) is 17.0 Å². The maximum absolute atomic E-state index is 13.5. The molecule has 0 saturated heterocycles. The van der Waals surface area contributed by atoms with Crippen molar-refractivity contribution in [3.8, 4) is 0 Å². The van der Waals surface area contributed by atoms with Crippen LogP contribution in [0.25, 0.3) is 10.9 Å². The first kappa shape index (κ1) is 19.6. The second-order valence-electron chi connectivity index (χ2n) is 6.78. The van der Waals surface area contributed by atoms with Crippen LogP contribution in [-0.2, 0) is 11.2 Å². The van der Waals surface area contributed by atoms with Crippen LogP contribution in [0.1, 0.15) is 34.3 Å². The number of fused-ring (bicyclic) bond motifs is 1. The van der Waals surface area contributed by atoms with Crippen molar-refractivity contribution in [2.24, 2.45) is 0 Å². The van der Waals surface area contributed by atoms with E-state index in [0.29, 0.717) is 25.1 Å². The molecule has 1 aromatic heterocycles. The first-order valence-corrected chi connectivity index (χ1v) is 9.40. The number of para-hydroxylation sites is 1. The van der Waals surface area contributed by atoms with Crippen molar-refractivity contribution in [3.63, 3.8) is 0 Å². The number of nitrogens with one attached hydrogen (secondary N) is 3. The predicted octanol–water partition coefficient (Wildman–Crippen LogP) is 3.48. The molecule has 0 aliphatic carbocycles. The first-order valence-electron chi connectivity index (χ1n) is 9.40. The second-order valence-corrected chi connectivity index (χ2v) is 6.78. The predicted molar refractivity (Wildman–Crippen MR) is 108 cm³/mol. The molecule has 0 bridgehead atoms. The molecule has 6 heteroatoms. The molecule has 0 aliphatic rings. The van der Waals surface area contributed by atoms with Crippen LogP contribution in [0.2, 0.25) is 0 Å². The van der Waals surface area contributed by atoms with Gasteiger partial charge in [0.25, 0.3) is 5.91 Å². The molecule has 146 valence electrons. The van der Waals surface area contributed by atoms with Gasteiger partial charge in [-0.15, -0.1) is 0 Å². The third-order valence-electron chi connectivity index (χ3n) is 4.69. The minimum Gasteiger partial charge on any atom is -0.361 e. The average Bonchev–Trinajstić information content (AvgIpc) is 3.10. The Morgan fingerprint density at radius 3 is 2.68 bits per heavy atom. The molecule has 3 rings (SSSR count). The average molecular weight is 381 g/mol. The summed E-state index contributed by atoms with van der Waals surface area (Å²) in [5.74, 6) is -0.806. The van der Waals surface area contributed by atoms with Crippen LogP contribution >= 0.6 is 0 Å². The van der Waals surface area contributed by atoms with Gasteiger partial charge in [-0.3, -0.25) is 9.59 Å². The number of aromatic nitrogens is 1. The zero-order valence-electron chi connectivity index (χ0n) is 15.8. The molecule has 1 heterocycles. The second kappa shape index (κ2) is 9.17. The summed E-state index contributed by atoms with van der Waals surface area (Å²) in [7, 11) is 0. The SMILES string of the molecule is Cc1ccc(C(=O)NCCNC(=O)CCCc2c[nH]c3ccccc23)cc1F. The summed E-state index contributed by atoms with van der Waals surface area (Å²) in [6.07, 6.45) is 4.00. The molecule has 3 aromatic rings. The highest BCUT2D eigenvalue weighted by molar-refractivity contribution is 5.94. The fourth-order valence-electron chi connectivity index (χ4n) is 3.08. The van der Waals surface area contributed by atoms with Crippen molar-refractivity contribution in [2.75, 3.05) is 13.1 Å². The largest absolute Gasteiger partial charge is 0.361 e. The van der Waals surface area contributed by atoms with Crippen molar-refractivity contribution < 1.29 is 14.0 Å². The van der Waals surface area contributed by atoms with Gasteiger partial charge >= 0.3 is 0 Å². The molecule has 0 spiro atoms. The molecule has 0 saturated carbocycles. The summed E-state index contributed by atoms with van der Waals surface area (Å²) in [6, 6.07) is 12.5. The highest BCUT2D eigenvalue weighted by Crippen LogP contribution is 2.19. The van der Waals surface area contributed by atoms with E-state index in [1.807, 2.05) is 24.4 Å². The number of amides is 2. The lowest BCUT2D eigenvalue weighted by Crippen LogP contribution is -2.34. The summed E-state index contributed by atoms with van der Waals surface area (Å²) in [5.41, 5.74) is 3.08. The van der Waals surface area contributed by atoms with Crippen molar-refractivity contribution in [3.05, 3.63) is 71.2 Å². The molecule has 0 unspecified atom stereocenters. The van der Waals surface area contributed by atoms with Gasteiger partial charge in [0.1, 0.15) is 5.82 Å². The summed E-state index contributed by atoms with van der Waals surface area (Å²) in [6.45, 7) is 2.28. The Hall–Kier alpha value is -3.15. The van der Waals surface area contributed by atoms with Gasteiger partial charge in [-0.1, -0.05) is 24.3 Å². The number of aryl methyl sites for hydroxylation is 2. The fraction of sp³-hybridized carbons (Fsp3) is 0.273. The monoisotopic (exact) mass is 381 g/mol. The van der Waals surface area contributed by atoms with E-state index in [0.717, 1.165) is 18.4 Å². The number of carbonyl (C=O) groups is 2. The van der Waals surface area contributed by atoms with Crippen LogP contribution in [-0.4, -0.2) is 29.9 Å². The molecule has 2 amide bonds. The Kier molecular flexibility index (Phi) is 6.42. The molecule has 2 aromatic carbocycles. The number of halogens is 1. The third-order valence-corrected chi connectivity index (χ3v) is 4.69. The molecule has 0 radical (unpaired) electrons. The summed E-state index contributed by atoms with van der Waals surface area (Å²) < 4.78 is 13.5. The number of hydrogen-bond donors (Lipinski definition) is 3. The van der Waals surface area contributed by atoms with E-state index >= 15 is 0 Å². The Labute approximate surface area is 163 Å². The van der Waals surface area contributed by atoms with Gasteiger partial charge in [0, 0.05) is 42.2 Å². The zero-order chi connectivity index (χ0) is 19.9. The molecule has 5 nitrogen and oxygen atoms in total. The molecule has 0 fully saturated rings. The van der Waals surface area contributed by atoms with Gasteiger partial charge in [0.05, 0.1) is 0 Å². The highest BCUT2D eigenvalue weighted by atomic mass is 19.1. The van der Waals surface area contributed by atoms with Crippen LogP contribution in [0, 0.1) is 12.7 Å². The summed E-state index contributed by atoms with van der Waals surface area (Å²) >= 11 is 0. The van der Waals surface area contributed by atoms with Crippen molar-refractivity contribution >= 4 is 22.7 Å². The lowest BCUT2D eigenvalue weighted by atomic mass is 10.1. The zero-order valence-corrected chi connectivity index (χ0v) is 15.8. The summed E-state index contributed by atoms with van der Waals surface area (Å²) in [5, 5.41) is 6.66. The molecule has 0 aliphatic heterocycles. The Bertz CT molecular complexity index is 981. The molecular weight excluding hydrogens is 357 g/mol. The molecule has 0 atom stereocenters. The summed E-state index contributed by atoms with van der Waals surface area (Å²) in [4.78, 5) is 27.2. The lowest BCUT2D eigenvalue weighted by molar-refractivity contribution is -0.121. The van der Waals surface area contributed by atoms with E-state index in [9.17, 15) is 14.0 Å². The lowest BCUT2D eigenvalue weighted by Gasteiger charge is -2.08. The van der Waals surface area contributed by atoms with Gasteiger partial charge in [0.2, 0.25) is 5.91 Å². The third kappa shape index (κ3) is 4.97. The quantitative estimate of drug-likeness (QED) is 0.523. The van der Waals surface area contributed by atoms with E-state index in [2.05, 4.69) is 21.7 Å². The van der Waals surface area contributed by atoms with E-state index < -0.39 is 5.82 Å². The molecule has 3 N–H and O–H groups in total. The maximum Gasteiger partial charge on any atom is 0.251 e.